The van der Waals surface area contributed by atoms with Gasteiger partial charge in [-0.05, 0) is 48.3 Å². The second kappa shape index (κ2) is 8.63. The Morgan fingerprint density at radius 2 is 1.63 bits per heavy atom. The Hall–Kier alpha value is -2.62. The summed E-state index contributed by atoms with van der Waals surface area (Å²) in [7, 11) is 0. The molecule has 0 spiro atoms. The van der Waals surface area contributed by atoms with Gasteiger partial charge in [0.15, 0.2) is 0 Å². The van der Waals surface area contributed by atoms with E-state index in [0.717, 1.165) is 11.1 Å². The summed E-state index contributed by atoms with van der Waals surface area (Å²) in [5.74, 6) is -0.0868. The van der Waals surface area contributed by atoms with E-state index in [1.54, 1.807) is 0 Å². The number of amides is 2. The summed E-state index contributed by atoms with van der Waals surface area (Å²) in [4.78, 5) is 26.9. The lowest BCUT2D eigenvalue weighted by Crippen LogP contribution is -2.50. The van der Waals surface area contributed by atoms with Gasteiger partial charge in [0.1, 0.15) is 0 Å². The van der Waals surface area contributed by atoms with Crippen LogP contribution in [-0.4, -0.2) is 29.8 Å². The minimum atomic E-state index is -0.580. The molecule has 0 unspecified atom stereocenters. The molecule has 4 heteroatoms. The number of rotatable bonds is 5. The molecule has 1 aliphatic heterocycles. The van der Waals surface area contributed by atoms with Gasteiger partial charge in [0.25, 0.3) is 0 Å². The van der Waals surface area contributed by atoms with Crippen LogP contribution in [0.4, 0.5) is 0 Å². The SMILES string of the molecule is Cc1cccc(-c2ccc(CC3(C(N)=O)CCN(C(=O)CC(C)(C)C)CC3)cc2)c1. The van der Waals surface area contributed by atoms with E-state index >= 15 is 0 Å². The molecule has 30 heavy (non-hydrogen) atoms. The van der Waals surface area contributed by atoms with Crippen molar-refractivity contribution in [1.29, 1.82) is 0 Å². The van der Waals surface area contributed by atoms with Crippen molar-refractivity contribution in [2.75, 3.05) is 13.1 Å². The molecule has 1 aliphatic rings. The molecule has 3 rings (SSSR count). The maximum Gasteiger partial charge on any atom is 0.224 e. The van der Waals surface area contributed by atoms with Gasteiger partial charge in [0.2, 0.25) is 11.8 Å². The zero-order valence-corrected chi connectivity index (χ0v) is 18.7. The Balaban J connectivity index is 1.69. The first-order chi connectivity index (χ1) is 14.1. The number of hydrogen-bond acceptors (Lipinski definition) is 2. The molecule has 2 amide bonds. The fraction of sp³-hybridized carbons (Fsp3) is 0.462. The van der Waals surface area contributed by atoms with Crippen LogP contribution >= 0.6 is 0 Å². The van der Waals surface area contributed by atoms with Gasteiger partial charge in [-0.25, -0.2) is 0 Å². The molecule has 2 aromatic carbocycles. The van der Waals surface area contributed by atoms with Crippen molar-refractivity contribution in [1.82, 2.24) is 4.90 Å². The molecule has 2 N–H and O–H groups in total. The topological polar surface area (TPSA) is 63.4 Å². The maximum atomic E-state index is 12.6. The van der Waals surface area contributed by atoms with Gasteiger partial charge in [0, 0.05) is 19.5 Å². The first-order valence-electron chi connectivity index (χ1n) is 10.8. The number of carbonyl (C=O) groups is 2. The lowest BCUT2D eigenvalue weighted by molar-refractivity contribution is -0.140. The largest absolute Gasteiger partial charge is 0.369 e. The maximum absolute atomic E-state index is 12.6. The summed E-state index contributed by atoms with van der Waals surface area (Å²) in [5.41, 5.74) is 9.96. The summed E-state index contributed by atoms with van der Waals surface area (Å²) in [6.07, 6.45) is 2.39. The van der Waals surface area contributed by atoms with Crippen LogP contribution in [0, 0.1) is 17.8 Å². The van der Waals surface area contributed by atoms with Crippen molar-refractivity contribution in [3.8, 4) is 11.1 Å². The van der Waals surface area contributed by atoms with Crippen molar-refractivity contribution >= 4 is 11.8 Å². The highest BCUT2D eigenvalue weighted by atomic mass is 16.2. The molecular formula is C26H34N2O2. The number of likely N-dealkylation sites (tertiary alicyclic amines) is 1. The molecular weight excluding hydrogens is 372 g/mol. The van der Waals surface area contributed by atoms with Gasteiger partial charge in [-0.15, -0.1) is 0 Å². The van der Waals surface area contributed by atoms with Crippen LogP contribution in [0.3, 0.4) is 0 Å². The van der Waals surface area contributed by atoms with E-state index in [1.165, 1.54) is 11.1 Å². The third kappa shape index (κ3) is 5.29. The molecule has 0 aliphatic carbocycles. The molecule has 2 aromatic rings. The van der Waals surface area contributed by atoms with Crippen LogP contribution in [-0.2, 0) is 16.0 Å². The smallest absolute Gasteiger partial charge is 0.224 e. The Bertz CT molecular complexity index is 901. The number of hydrogen-bond donors (Lipinski definition) is 1. The van der Waals surface area contributed by atoms with Crippen LogP contribution in [0.25, 0.3) is 11.1 Å². The Kier molecular flexibility index (Phi) is 6.35. The number of aryl methyl sites for hydroxylation is 1. The molecule has 0 saturated carbocycles. The van der Waals surface area contributed by atoms with Crippen LogP contribution in [0.5, 0.6) is 0 Å². The van der Waals surface area contributed by atoms with E-state index in [9.17, 15) is 9.59 Å². The molecule has 0 radical (unpaired) electrons. The average Bonchev–Trinajstić information content (AvgIpc) is 2.67. The molecule has 4 nitrogen and oxygen atoms in total. The van der Waals surface area contributed by atoms with Crippen molar-refractivity contribution in [2.45, 2.75) is 53.4 Å². The van der Waals surface area contributed by atoms with E-state index in [1.807, 2.05) is 4.90 Å². The summed E-state index contributed by atoms with van der Waals surface area (Å²) in [6, 6.07) is 16.9. The van der Waals surface area contributed by atoms with E-state index < -0.39 is 5.41 Å². The summed E-state index contributed by atoms with van der Waals surface area (Å²) in [5, 5.41) is 0. The summed E-state index contributed by atoms with van der Waals surface area (Å²) >= 11 is 0. The highest BCUT2D eigenvalue weighted by molar-refractivity contribution is 5.82. The number of benzene rings is 2. The zero-order valence-electron chi connectivity index (χ0n) is 18.7. The molecule has 1 heterocycles. The Morgan fingerprint density at radius 1 is 1.00 bits per heavy atom. The molecule has 1 saturated heterocycles. The highest BCUT2D eigenvalue weighted by Crippen LogP contribution is 2.36. The van der Waals surface area contributed by atoms with Crippen LogP contribution in [0.1, 0.15) is 51.2 Å². The first kappa shape index (κ1) is 22.1. The van der Waals surface area contributed by atoms with Crippen molar-refractivity contribution in [3.63, 3.8) is 0 Å². The quantitative estimate of drug-likeness (QED) is 0.780. The van der Waals surface area contributed by atoms with Gasteiger partial charge >= 0.3 is 0 Å². The van der Waals surface area contributed by atoms with Crippen molar-refractivity contribution in [2.24, 2.45) is 16.6 Å². The summed E-state index contributed by atoms with van der Waals surface area (Å²) < 4.78 is 0. The monoisotopic (exact) mass is 406 g/mol. The van der Waals surface area contributed by atoms with E-state index in [-0.39, 0.29) is 17.2 Å². The van der Waals surface area contributed by atoms with E-state index in [2.05, 4.69) is 76.2 Å². The Labute approximate surface area is 180 Å². The number of nitrogens with two attached hydrogens (primary N) is 1. The normalized spacial score (nSPS) is 16.3. The first-order valence-corrected chi connectivity index (χ1v) is 10.8. The third-order valence-corrected chi connectivity index (χ3v) is 6.13. The fourth-order valence-electron chi connectivity index (χ4n) is 4.29. The minimum Gasteiger partial charge on any atom is -0.369 e. The third-order valence-electron chi connectivity index (χ3n) is 6.13. The number of primary amides is 1. The van der Waals surface area contributed by atoms with Gasteiger partial charge in [-0.3, -0.25) is 9.59 Å². The standard InChI is InChI=1S/C26H34N2O2/c1-19-6-5-7-22(16-19)21-10-8-20(9-11-21)17-26(24(27)30)12-14-28(15-13-26)23(29)18-25(2,3)4/h5-11,16H,12-15,17-18H2,1-4H3,(H2,27,30). The zero-order chi connectivity index (χ0) is 21.9. The van der Waals surface area contributed by atoms with Gasteiger partial charge < -0.3 is 10.6 Å². The second-order valence-corrected chi connectivity index (χ2v) is 10.0. The number of carbonyl (C=O) groups excluding carboxylic acids is 2. The van der Waals surface area contributed by atoms with Gasteiger partial charge in [-0.2, -0.15) is 0 Å². The average molecular weight is 407 g/mol. The van der Waals surface area contributed by atoms with E-state index in [4.69, 9.17) is 5.73 Å². The lowest BCUT2D eigenvalue weighted by atomic mass is 9.73. The van der Waals surface area contributed by atoms with Crippen LogP contribution in [0.15, 0.2) is 48.5 Å². The predicted octanol–water partition coefficient (Wildman–Crippen LogP) is 4.73. The molecule has 0 aromatic heterocycles. The fourth-order valence-corrected chi connectivity index (χ4v) is 4.29. The highest BCUT2D eigenvalue weighted by Gasteiger charge is 2.41. The predicted molar refractivity (Wildman–Crippen MR) is 122 cm³/mol. The lowest BCUT2D eigenvalue weighted by Gasteiger charge is -2.40. The van der Waals surface area contributed by atoms with Gasteiger partial charge in [-0.1, -0.05) is 74.9 Å². The number of nitrogens with zero attached hydrogens (tertiary/aromatic N) is 1. The minimum absolute atomic E-state index is 0.0334. The number of piperidine rings is 1. The van der Waals surface area contributed by atoms with Crippen LogP contribution < -0.4 is 5.73 Å². The van der Waals surface area contributed by atoms with Crippen molar-refractivity contribution < 1.29 is 9.59 Å². The molecule has 0 atom stereocenters. The molecule has 1 fully saturated rings. The molecule has 160 valence electrons. The van der Waals surface area contributed by atoms with E-state index in [0.29, 0.717) is 38.8 Å². The summed E-state index contributed by atoms with van der Waals surface area (Å²) in [6.45, 7) is 9.50. The molecule has 0 bridgehead atoms. The second-order valence-electron chi connectivity index (χ2n) is 10.0. The Morgan fingerprint density at radius 3 is 2.17 bits per heavy atom. The van der Waals surface area contributed by atoms with Gasteiger partial charge in [0.05, 0.1) is 5.41 Å². The van der Waals surface area contributed by atoms with Crippen LogP contribution in [0.2, 0.25) is 0 Å². The van der Waals surface area contributed by atoms with Crippen molar-refractivity contribution in [3.05, 3.63) is 59.7 Å².